The number of carbonyl (C=O) groups is 4. The average molecular weight is 568 g/mol. The van der Waals surface area contributed by atoms with E-state index in [1.54, 1.807) is 30.2 Å². The molecule has 4 amide bonds. The van der Waals surface area contributed by atoms with Gasteiger partial charge < -0.3 is 14.9 Å². The molecule has 6 rings (SSSR count). The molecule has 0 aromatic carbocycles. The van der Waals surface area contributed by atoms with Crippen molar-refractivity contribution in [3.05, 3.63) is 45.6 Å². The number of imide groups is 1. The fraction of sp³-hybridized carbons (Fsp3) is 0.407. The van der Waals surface area contributed by atoms with Gasteiger partial charge in [-0.05, 0) is 36.1 Å². The summed E-state index contributed by atoms with van der Waals surface area (Å²) in [6.07, 6.45) is 0.633. The molecule has 0 radical (unpaired) electrons. The number of fused-ring (bicyclic) bond motifs is 2. The topological polar surface area (TPSA) is 124 Å². The summed E-state index contributed by atoms with van der Waals surface area (Å²) in [5, 5.41) is 9.50. The lowest BCUT2D eigenvalue weighted by Crippen LogP contribution is -2.50. The number of aryl methyl sites for hydroxylation is 1. The second-order valence-corrected chi connectivity index (χ2v) is 12.4. The molecular weight excluding hydrogens is 542 g/mol. The first-order valence-electron chi connectivity index (χ1n) is 12.7. The van der Waals surface area contributed by atoms with Gasteiger partial charge in [0.15, 0.2) is 0 Å². The van der Waals surface area contributed by atoms with E-state index in [1.165, 1.54) is 21.1 Å². The molecule has 12 heteroatoms. The van der Waals surface area contributed by atoms with Gasteiger partial charge in [-0.1, -0.05) is 25.4 Å². The summed E-state index contributed by atoms with van der Waals surface area (Å²) in [4.78, 5) is 64.9. The zero-order valence-electron chi connectivity index (χ0n) is 21.6. The highest BCUT2D eigenvalue weighted by molar-refractivity contribution is 7.19. The van der Waals surface area contributed by atoms with E-state index in [1.807, 2.05) is 19.9 Å². The van der Waals surface area contributed by atoms with E-state index >= 15 is 0 Å². The van der Waals surface area contributed by atoms with Gasteiger partial charge in [0.1, 0.15) is 5.15 Å². The number of halogens is 1. The smallest absolute Gasteiger partial charge is 0.407 e. The monoisotopic (exact) mass is 567 g/mol. The molecule has 10 nitrogen and oxygen atoms in total. The van der Waals surface area contributed by atoms with E-state index in [4.69, 9.17) is 11.6 Å². The van der Waals surface area contributed by atoms with Gasteiger partial charge in [-0.2, -0.15) is 0 Å². The Kier molecular flexibility index (Phi) is 5.92. The van der Waals surface area contributed by atoms with Crippen LogP contribution in [0, 0.1) is 24.2 Å². The maximum atomic E-state index is 13.7. The summed E-state index contributed by atoms with van der Waals surface area (Å²) in [6, 6.07) is 5.29. The maximum Gasteiger partial charge on any atom is 0.407 e. The molecule has 0 bridgehead atoms. The molecule has 202 valence electrons. The van der Waals surface area contributed by atoms with Crippen molar-refractivity contribution >= 4 is 57.0 Å². The molecule has 1 aliphatic carbocycles. The minimum Gasteiger partial charge on any atom is -0.465 e. The third kappa shape index (κ3) is 4.06. The molecule has 2 atom stereocenters. The van der Waals surface area contributed by atoms with Crippen molar-refractivity contribution in [2.75, 3.05) is 26.2 Å². The summed E-state index contributed by atoms with van der Waals surface area (Å²) in [7, 11) is 0. The third-order valence-electron chi connectivity index (χ3n) is 8.16. The third-order valence-corrected chi connectivity index (χ3v) is 9.50. The van der Waals surface area contributed by atoms with E-state index < -0.39 is 6.09 Å². The Bertz CT molecular complexity index is 1550. The minimum absolute atomic E-state index is 0.122. The van der Waals surface area contributed by atoms with Crippen LogP contribution in [0.25, 0.3) is 21.5 Å². The molecule has 3 fully saturated rings. The number of rotatable bonds is 4. The first kappa shape index (κ1) is 25.7. The summed E-state index contributed by atoms with van der Waals surface area (Å²) < 4.78 is 0.774. The molecule has 3 aromatic rings. The Hall–Kier alpha value is -3.57. The fourth-order valence-electron chi connectivity index (χ4n) is 5.92. The first-order valence-corrected chi connectivity index (χ1v) is 13.9. The SMILES string of the molecule is Cc1cc(Cl)nc(-c2ccnc3cc(CN4C(=O)C5C(C4=O)C5(C)C)sc23)c1C(=O)N1CCN(C(=O)O)CC1. The van der Waals surface area contributed by atoms with Gasteiger partial charge in [-0.25, -0.2) is 9.78 Å². The van der Waals surface area contributed by atoms with Crippen LogP contribution >= 0.6 is 22.9 Å². The molecule has 2 unspecified atom stereocenters. The van der Waals surface area contributed by atoms with E-state index in [9.17, 15) is 24.3 Å². The van der Waals surface area contributed by atoms with E-state index in [-0.39, 0.29) is 72.8 Å². The fourth-order valence-corrected chi connectivity index (χ4v) is 7.29. The highest BCUT2D eigenvalue weighted by Crippen LogP contribution is 2.63. The van der Waals surface area contributed by atoms with Crippen LogP contribution in [-0.4, -0.2) is 79.8 Å². The second kappa shape index (κ2) is 8.99. The number of hydrogen-bond acceptors (Lipinski definition) is 7. The van der Waals surface area contributed by atoms with Gasteiger partial charge in [-0.3, -0.25) is 24.3 Å². The van der Waals surface area contributed by atoms with Crippen molar-refractivity contribution in [3.63, 3.8) is 0 Å². The van der Waals surface area contributed by atoms with Crippen molar-refractivity contribution in [3.8, 4) is 11.3 Å². The van der Waals surface area contributed by atoms with Crippen molar-refractivity contribution in [1.29, 1.82) is 0 Å². The quantitative estimate of drug-likeness (QED) is 0.374. The standard InChI is InChI=1S/C27H26ClN5O5S/c1-13-10-17(28)30-21(18(13)23(34)31-6-8-32(9-7-31)26(37)38)15-4-5-29-16-11-14(39-22(15)16)12-33-24(35)19-20(25(33)36)27(19,2)3/h4-5,10-11,19-20H,6-9,12H2,1-3H3,(H,37,38). The van der Waals surface area contributed by atoms with Crippen LogP contribution in [-0.2, 0) is 16.1 Å². The predicted molar refractivity (Wildman–Crippen MR) is 144 cm³/mol. The molecule has 3 aliphatic rings. The highest BCUT2D eigenvalue weighted by Gasteiger charge is 2.72. The normalized spacial score (nSPS) is 22.0. The molecule has 3 aromatic heterocycles. The lowest BCUT2D eigenvalue weighted by molar-refractivity contribution is -0.143. The zero-order chi connectivity index (χ0) is 27.8. The van der Waals surface area contributed by atoms with Gasteiger partial charge in [0.25, 0.3) is 5.91 Å². The second-order valence-electron chi connectivity index (χ2n) is 10.9. The van der Waals surface area contributed by atoms with Crippen molar-refractivity contribution in [2.24, 2.45) is 17.3 Å². The van der Waals surface area contributed by atoms with Crippen LogP contribution in [0.3, 0.4) is 0 Å². The Labute approximate surface area is 233 Å². The number of aromatic nitrogens is 2. The maximum absolute atomic E-state index is 13.7. The number of nitrogens with zero attached hydrogens (tertiary/aromatic N) is 5. The number of thiophene rings is 1. The number of amides is 4. The van der Waals surface area contributed by atoms with Gasteiger partial charge in [0.05, 0.1) is 39.9 Å². The number of carbonyl (C=O) groups excluding carboxylic acids is 3. The van der Waals surface area contributed by atoms with Crippen LogP contribution in [0.15, 0.2) is 24.4 Å². The Morgan fingerprint density at radius 2 is 1.74 bits per heavy atom. The van der Waals surface area contributed by atoms with Gasteiger partial charge in [0, 0.05) is 42.8 Å². The first-order chi connectivity index (χ1) is 18.5. The van der Waals surface area contributed by atoms with Crippen LogP contribution < -0.4 is 0 Å². The molecule has 39 heavy (non-hydrogen) atoms. The highest BCUT2D eigenvalue weighted by atomic mass is 35.5. The van der Waals surface area contributed by atoms with E-state index in [0.717, 1.165) is 9.58 Å². The summed E-state index contributed by atoms with van der Waals surface area (Å²) >= 11 is 7.77. The predicted octanol–water partition coefficient (Wildman–Crippen LogP) is 3.90. The van der Waals surface area contributed by atoms with Crippen molar-refractivity contribution < 1.29 is 24.3 Å². The zero-order valence-corrected chi connectivity index (χ0v) is 23.2. The number of piperidine rings is 1. The van der Waals surface area contributed by atoms with Gasteiger partial charge in [-0.15, -0.1) is 11.3 Å². The number of carboxylic acid groups (broad SMARTS) is 1. The Morgan fingerprint density at radius 1 is 1.10 bits per heavy atom. The molecule has 1 N–H and O–H groups in total. The van der Waals surface area contributed by atoms with Crippen LogP contribution in [0.4, 0.5) is 4.79 Å². The summed E-state index contributed by atoms with van der Waals surface area (Å²) in [5.41, 5.74) is 2.56. The number of pyridine rings is 2. The number of hydrogen-bond donors (Lipinski definition) is 1. The van der Waals surface area contributed by atoms with Gasteiger partial charge >= 0.3 is 6.09 Å². The Morgan fingerprint density at radius 3 is 2.38 bits per heavy atom. The van der Waals surface area contributed by atoms with E-state index in [0.29, 0.717) is 27.9 Å². The lowest BCUT2D eigenvalue weighted by atomic mass is 10.0. The largest absolute Gasteiger partial charge is 0.465 e. The average Bonchev–Trinajstić information content (AvgIpc) is 3.13. The number of piperazine rings is 1. The van der Waals surface area contributed by atoms with Crippen LogP contribution in [0.2, 0.25) is 5.15 Å². The van der Waals surface area contributed by atoms with Crippen LogP contribution in [0.5, 0.6) is 0 Å². The van der Waals surface area contributed by atoms with Crippen LogP contribution in [0.1, 0.15) is 34.6 Å². The van der Waals surface area contributed by atoms with E-state index in [2.05, 4.69) is 9.97 Å². The molecule has 2 saturated heterocycles. The molecule has 1 saturated carbocycles. The van der Waals surface area contributed by atoms with Gasteiger partial charge in [0.2, 0.25) is 11.8 Å². The van der Waals surface area contributed by atoms with Crippen molar-refractivity contribution in [2.45, 2.75) is 27.3 Å². The number of likely N-dealkylation sites (tertiary alicyclic amines) is 1. The minimum atomic E-state index is -1.00. The molecule has 2 aliphatic heterocycles. The Balaban J connectivity index is 1.34. The molecule has 5 heterocycles. The molecule has 0 spiro atoms. The lowest BCUT2D eigenvalue weighted by Gasteiger charge is -2.33. The van der Waals surface area contributed by atoms with Crippen molar-refractivity contribution in [1.82, 2.24) is 24.7 Å². The molecular formula is C27H26ClN5O5S. The summed E-state index contributed by atoms with van der Waals surface area (Å²) in [5.74, 6) is -0.962. The summed E-state index contributed by atoms with van der Waals surface area (Å²) in [6.45, 7) is 6.91.